The molecule has 40 heavy (non-hydrogen) atoms. The summed E-state index contributed by atoms with van der Waals surface area (Å²) >= 11 is 0.746. The van der Waals surface area contributed by atoms with Crippen molar-refractivity contribution in [1.29, 1.82) is 0 Å². The van der Waals surface area contributed by atoms with Crippen molar-refractivity contribution >= 4 is 44.3 Å². The lowest BCUT2D eigenvalue weighted by Gasteiger charge is -2.44. The number of ether oxygens (including phenoxy) is 2. The monoisotopic (exact) mass is 579 g/mol. The van der Waals surface area contributed by atoms with Gasteiger partial charge in [0.2, 0.25) is 0 Å². The second-order valence-electron chi connectivity index (χ2n) is 10.8. The Labute approximate surface area is 230 Å². The zero-order valence-corrected chi connectivity index (χ0v) is 22.6. The number of benzene rings is 1. The Kier molecular flexibility index (Phi) is 6.76. The van der Waals surface area contributed by atoms with E-state index in [1.165, 1.54) is 23.1 Å². The number of nitrogens with zero attached hydrogens (tertiary/aromatic N) is 2. The zero-order chi connectivity index (χ0) is 29.0. The summed E-state index contributed by atoms with van der Waals surface area (Å²) < 4.78 is 64.9. The number of rotatable bonds is 2. The van der Waals surface area contributed by atoms with E-state index in [0.717, 1.165) is 23.5 Å². The fourth-order valence-corrected chi connectivity index (χ4v) is 5.90. The van der Waals surface area contributed by atoms with E-state index < -0.39 is 40.9 Å². The van der Waals surface area contributed by atoms with Crippen LogP contribution in [0.15, 0.2) is 30.3 Å². The SMILES string of the molecule is CC(C)(C)OC(=O)Nc1sc2nc(C(F)(F)F)ccc2c1C(=O)N1CCC2(CC1)CC(=O)c1cc(F)ccc1O2. The van der Waals surface area contributed by atoms with Crippen LogP contribution in [0.1, 0.15) is 66.4 Å². The first-order valence-electron chi connectivity index (χ1n) is 12.5. The maximum Gasteiger partial charge on any atom is 0.433 e. The number of aromatic nitrogens is 1. The Morgan fingerprint density at radius 2 is 1.82 bits per heavy atom. The van der Waals surface area contributed by atoms with E-state index in [1.807, 2.05) is 0 Å². The molecule has 2 amide bonds. The van der Waals surface area contributed by atoms with Crippen molar-refractivity contribution in [2.45, 2.75) is 57.4 Å². The number of carbonyl (C=O) groups excluding carboxylic acids is 3. The van der Waals surface area contributed by atoms with Crippen molar-refractivity contribution in [3.63, 3.8) is 0 Å². The molecule has 0 bridgehead atoms. The first kappa shape index (κ1) is 27.8. The van der Waals surface area contributed by atoms with E-state index in [9.17, 15) is 31.9 Å². The Balaban J connectivity index is 1.42. The minimum atomic E-state index is -4.69. The Morgan fingerprint density at radius 3 is 2.48 bits per heavy atom. The predicted molar refractivity (Wildman–Crippen MR) is 138 cm³/mol. The average Bonchev–Trinajstić information content (AvgIpc) is 3.19. The van der Waals surface area contributed by atoms with Crippen LogP contribution in [0.5, 0.6) is 5.75 Å². The molecule has 212 valence electrons. The highest BCUT2D eigenvalue weighted by Crippen LogP contribution is 2.42. The molecule has 0 aliphatic carbocycles. The van der Waals surface area contributed by atoms with Gasteiger partial charge in [0.1, 0.15) is 38.3 Å². The highest BCUT2D eigenvalue weighted by molar-refractivity contribution is 7.23. The lowest BCUT2D eigenvalue weighted by atomic mass is 9.82. The number of hydrogen-bond donors (Lipinski definition) is 1. The molecule has 1 N–H and O–H groups in total. The van der Waals surface area contributed by atoms with Gasteiger partial charge in [-0.3, -0.25) is 14.9 Å². The smallest absolute Gasteiger partial charge is 0.433 e. The van der Waals surface area contributed by atoms with Crippen molar-refractivity contribution in [3.05, 3.63) is 53.0 Å². The van der Waals surface area contributed by atoms with Crippen molar-refractivity contribution in [2.75, 3.05) is 18.4 Å². The fourth-order valence-electron chi connectivity index (χ4n) is 4.85. The predicted octanol–water partition coefficient (Wildman–Crippen LogP) is 6.44. The third-order valence-corrected chi connectivity index (χ3v) is 7.70. The number of hydrogen-bond acceptors (Lipinski definition) is 7. The van der Waals surface area contributed by atoms with Crippen molar-refractivity contribution < 1.29 is 41.4 Å². The number of ketones is 1. The van der Waals surface area contributed by atoms with Gasteiger partial charge >= 0.3 is 12.3 Å². The summed E-state index contributed by atoms with van der Waals surface area (Å²) in [5, 5.41) is 2.68. The number of pyridine rings is 1. The standard InChI is InChI=1S/C27H25F4N3O5S/c1-25(2,3)39-24(37)33-22-20(15-5-7-19(27(29,30)31)32-21(15)40-22)23(36)34-10-8-26(9-11-34)13-17(35)16-12-14(28)4-6-18(16)38-26/h4-7,12H,8-11,13H2,1-3H3,(H,33,37). The highest BCUT2D eigenvalue weighted by Gasteiger charge is 2.44. The van der Waals surface area contributed by atoms with Gasteiger partial charge in [0.25, 0.3) is 5.91 Å². The molecule has 1 fully saturated rings. The maximum atomic E-state index is 13.8. The van der Waals surface area contributed by atoms with Gasteiger partial charge in [-0.15, -0.1) is 0 Å². The maximum absolute atomic E-state index is 13.8. The molecular weight excluding hydrogens is 554 g/mol. The summed E-state index contributed by atoms with van der Waals surface area (Å²) in [6.07, 6.45) is -4.93. The molecule has 2 aromatic heterocycles. The van der Waals surface area contributed by atoms with Crippen molar-refractivity contribution in [2.24, 2.45) is 0 Å². The molecule has 3 aromatic rings. The summed E-state index contributed by atoms with van der Waals surface area (Å²) in [6, 6.07) is 5.72. The molecule has 13 heteroatoms. The summed E-state index contributed by atoms with van der Waals surface area (Å²) in [4.78, 5) is 44.1. The van der Waals surface area contributed by atoms with E-state index in [4.69, 9.17) is 9.47 Å². The van der Waals surface area contributed by atoms with Crippen molar-refractivity contribution in [1.82, 2.24) is 9.88 Å². The Bertz CT molecular complexity index is 1520. The molecule has 5 rings (SSSR count). The van der Waals surface area contributed by atoms with Crippen LogP contribution in [0, 0.1) is 5.82 Å². The van der Waals surface area contributed by atoms with Gasteiger partial charge in [-0.25, -0.2) is 14.2 Å². The third kappa shape index (κ3) is 5.47. The number of likely N-dealkylation sites (tertiary alicyclic amines) is 1. The average molecular weight is 580 g/mol. The van der Waals surface area contributed by atoms with Gasteiger partial charge in [0.15, 0.2) is 5.78 Å². The quantitative estimate of drug-likeness (QED) is 0.351. The number of thiophene rings is 1. The second-order valence-corrected chi connectivity index (χ2v) is 11.8. The summed E-state index contributed by atoms with van der Waals surface area (Å²) in [5.74, 6) is -1.02. The van der Waals surface area contributed by atoms with E-state index in [0.29, 0.717) is 12.8 Å². The molecule has 0 radical (unpaired) electrons. The van der Waals surface area contributed by atoms with Crippen molar-refractivity contribution in [3.8, 4) is 5.75 Å². The topological polar surface area (TPSA) is 97.8 Å². The fraction of sp³-hybridized carbons (Fsp3) is 0.407. The molecule has 2 aliphatic rings. The van der Waals surface area contributed by atoms with Crippen LogP contribution in [0.2, 0.25) is 0 Å². The number of nitrogens with one attached hydrogen (secondary N) is 1. The Hall–Kier alpha value is -3.74. The van der Waals surface area contributed by atoms with Gasteiger partial charge in [-0.2, -0.15) is 13.2 Å². The summed E-state index contributed by atoms with van der Waals surface area (Å²) in [7, 11) is 0. The van der Waals surface area contributed by atoms with Crippen LogP contribution in [0.4, 0.5) is 27.4 Å². The number of halogens is 4. The lowest BCUT2D eigenvalue weighted by Crippen LogP contribution is -2.52. The minimum Gasteiger partial charge on any atom is -0.486 e. The number of Topliss-reactive ketones (excluding diaryl/α,β-unsaturated/α-hetero) is 1. The number of alkyl halides is 3. The summed E-state index contributed by atoms with van der Waals surface area (Å²) in [6.45, 7) is 5.31. The molecule has 1 aromatic carbocycles. The van der Waals surface area contributed by atoms with Crippen LogP contribution < -0.4 is 10.1 Å². The van der Waals surface area contributed by atoms with Gasteiger partial charge in [0.05, 0.1) is 17.5 Å². The van der Waals surface area contributed by atoms with Crippen LogP contribution in [0.25, 0.3) is 10.2 Å². The van der Waals surface area contributed by atoms with Crippen LogP contribution in [0.3, 0.4) is 0 Å². The number of piperidine rings is 1. The molecular formula is C27H25F4N3O5S. The number of anilines is 1. The van der Waals surface area contributed by atoms with Gasteiger partial charge < -0.3 is 14.4 Å². The minimum absolute atomic E-state index is 0.00416. The van der Waals surface area contributed by atoms with Gasteiger partial charge in [-0.1, -0.05) is 11.3 Å². The summed E-state index contributed by atoms with van der Waals surface area (Å²) in [5.41, 5.74) is -2.66. The van der Waals surface area contributed by atoms with E-state index in [1.54, 1.807) is 20.8 Å². The van der Waals surface area contributed by atoms with E-state index in [-0.39, 0.29) is 57.4 Å². The largest absolute Gasteiger partial charge is 0.486 e. The third-order valence-electron chi connectivity index (χ3n) is 6.69. The first-order chi connectivity index (χ1) is 18.6. The first-order valence-corrected chi connectivity index (χ1v) is 13.3. The molecule has 1 saturated heterocycles. The highest BCUT2D eigenvalue weighted by atomic mass is 32.1. The number of amides is 2. The van der Waals surface area contributed by atoms with Crippen LogP contribution >= 0.6 is 11.3 Å². The van der Waals surface area contributed by atoms with Crippen LogP contribution in [-0.4, -0.2) is 52.0 Å². The van der Waals surface area contributed by atoms with E-state index in [2.05, 4.69) is 10.3 Å². The van der Waals surface area contributed by atoms with E-state index >= 15 is 0 Å². The molecule has 4 heterocycles. The molecule has 2 aliphatic heterocycles. The molecule has 0 atom stereocenters. The number of carbonyl (C=O) groups is 3. The van der Waals surface area contributed by atoms with Crippen LogP contribution in [-0.2, 0) is 10.9 Å². The molecule has 1 spiro atoms. The Morgan fingerprint density at radius 1 is 1.12 bits per heavy atom. The second kappa shape index (κ2) is 9.72. The molecule has 0 saturated carbocycles. The van der Waals surface area contributed by atoms with Gasteiger partial charge in [-0.05, 0) is 51.1 Å². The number of fused-ring (bicyclic) bond motifs is 2. The normalized spacial score (nSPS) is 17.0. The molecule has 8 nitrogen and oxygen atoms in total. The lowest BCUT2D eigenvalue weighted by molar-refractivity contribution is -0.140. The molecule has 0 unspecified atom stereocenters. The zero-order valence-electron chi connectivity index (χ0n) is 21.8. The van der Waals surface area contributed by atoms with Gasteiger partial charge in [0, 0.05) is 31.3 Å².